The fourth-order valence-corrected chi connectivity index (χ4v) is 4.64. The van der Waals surface area contributed by atoms with Crippen LogP contribution in [0.4, 0.5) is 0 Å². The summed E-state index contributed by atoms with van der Waals surface area (Å²) in [5.74, 6) is 0.501. The van der Waals surface area contributed by atoms with Crippen LogP contribution in [0.25, 0.3) is 0 Å². The van der Waals surface area contributed by atoms with Gasteiger partial charge >= 0.3 is 5.97 Å². The third-order valence-electron chi connectivity index (χ3n) is 4.70. The van der Waals surface area contributed by atoms with Crippen molar-refractivity contribution in [3.63, 3.8) is 0 Å². The van der Waals surface area contributed by atoms with Crippen molar-refractivity contribution in [1.82, 2.24) is 4.73 Å². The van der Waals surface area contributed by atoms with Crippen LogP contribution in [0, 0.1) is 0 Å². The van der Waals surface area contributed by atoms with E-state index in [1.807, 2.05) is 6.07 Å². The molecule has 0 unspecified atom stereocenters. The number of unbranched alkanes of at least 4 members (excludes halogenated alkanes) is 2. The maximum absolute atomic E-state index is 11.8. The van der Waals surface area contributed by atoms with Crippen molar-refractivity contribution in [2.45, 2.75) is 35.5 Å². The third kappa shape index (κ3) is 5.58. The Morgan fingerprint density at radius 1 is 0.909 bits per heavy atom. The van der Waals surface area contributed by atoms with Crippen molar-refractivity contribution in [2.24, 2.45) is 0 Å². The van der Waals surface area contributed by atoms with E-state index >= 15 is 0 Å². The highest BCUT2D eigenvalue weighted by molar-refractivity contribution is 7.99. The molecule has 11 heteroatoms. The molecule has 2 N–H and O–H groups in total. The summed E-state index contributed by atoms with van der Waals surface area (Å²) in [6.45, 7) is 0.413. The molecular weight excluding hydrogens is 513 g/mol. The minimum Gasteiger partial charge on any atom is -0.492 e. The van der Waals surface area contributed by atoms with Crippen molar-refractivity contribution in [1.29, 1.82) is 0 Å². The molecule has 0 saturated heterocycles. The Hall–Kier alpha value is -2.39. The molecule has 0 bridgehead atoms. The van der Waals surface area contributed by atoms with Crippen LogP contribution in [0.3, 0.4) is 0 Å². The van der Waals surface area contributed by atoms with Crippen LogP contribution in [-0.2, 0) is 4.79 Å². The number of aromatic nitrogens is 1. The predicted octanol–water partition coefficient (Wildman–Crippen LogP) is 6.71. The second kappa shape index (κ2) is 10.3. The van der Waals surface area contributed by atoms with Gasteiger partial charge in [-0.1, -0.05) is 46.6 Å². The molecule has 0 radical (unpaired) electrons. The van der Waals surface area contributed by atoms with Gasteiger partial charge in [-0.05, 0) is 31.4 Å². The van der Waals surface area contributed by atoms with E-state index in [1.165, 1.54) is 23.9 Å². The van der Waals surface area contributed by atoms with Gasteiger partial charge in [-0.25, -0.2) is 4.79 Å². The van der Waals surface area contributed by atoms with Gasteiger partial charge in [0.15, 0.2) is 0 Å². The predicted molar refractivity (Wildman–Crippen MR) is 125 cm³/mol. The van der Waals surface area contributed by atoms with Crippen LogP contribution >= 0.6 is 46.6 Å². The van der Waals surface area contributed by atoms with Crippen LogP contribution in [0.1, 0.15) is 25.7 Å². The molecule has 7 nitrogen and oxygen atoms in total. The number of nitrogens with zero attached hydrogens (tertiary/aromatic N) is 1. The summed E-state index contributed by atoms with van der Waals surface area (Å²) in [5, 5.41) is 20.2. The maximum atomic E-state index is 11.8. The molecule has 0 fully saturated rings. The summed E-state index contributed by atoms with van der Waals surface area (Å²) in [5.41, 5.74) is 0. The maximum Gasteiger partial charge on any atom is 0.333 e. The van der Waals surface area contributed by atoms with E-state index in [2.05, 4.69) is 0 Å². The number of hydrogen-bond donors (Lipinski definition) is 2. The Kier molecular flexibility index (Phi) is 7.38. The molecule has 0 atom stereocenters. The van der Waals surface area contributed by atoms with Gasteiger partial charge in [0.1, 0.15) is 17.2 Å². The van der Waals surface area contributed by atoms with Gasteiger partial charge in [-0.3, -0.25) is 0 Å². The molecular formula is C22H18Cl3NO6S. The number of benzene rings is 2. The Balaban J connectivity index is 1.24. The van der Waals surface area contributed by atoms with E-state index in [9.17, 15) is 15.0 Å². The van der Waals surface area contributed by atoms with Gasteiger partial charge in [0, 0.05) is 30.7 Å². The molecule has 0 saturated carbocycles. The Morgan fingerprint density at radius 2 is 1.55 bits per heavy atom. The summed E-state index contributed by atoms with van der Waals surface area (Å²) < 4.78 is 12.4. The highest BCUT2D eigenvalue weighted by Gasteiger charge is 2.22. The van der Waals surface area contributed by atoms with Gasteiger partial charge in [-0.15, -0.1) is 4.73 Å². The molecule has 0 aliphatic carbocycles. The third-order valence-corrected chi connectivity index (χ3v) is 6.79. The zero-order valence-corrected chi connectivity index (χ0v) is 20.1. The fraction of sp³-hybridized carbons (Fsp3) is 0.227. The summed E-state index contributed by atoms with van der Waals surface area (Å²) in [7, 11) is 0. The van der Waals surface area contributed by atoms with E-state index in [4.69, 9.17) is 49.1 Å². The Morgan fingerprint density at radius 3 is 2.27 bits per heavy atom. The molecule has 3 aromatic rings. The lowest BCUT2D eigenvalue weighted by Crippen LogP contribution is -2.18. The lowest BCUT2D eigenvalue weighted by molar-refractivity contribution is -0.145. The molecule has 33 heavy (non-hydrogen) atoms. The van der Waals surface area contributed by atoms with Crippen molar-refractivity contribution in [3.8, 4) is 29.0 Å². The molecule has 0 amide bonds. The summed E-state index contributed by atoms with van der Waals surface area (Å²) >= 11 is 20.0. The van der Waals surface area contributed by atoms with Crippen LogP contribution < -0.4 is 14.3 Å². The van der Waals surface area contributed by atoms with Gasteiger partial charge in [0.05, 0.1) is 31.5 Å². The molecule has 0 spiro atoms. The van der Waals surface area contributed by atoms with Crippen molar-refractivity contribution in [2.75, 3.05) is 6.61 Å². The molecule has 1 aromatic heterocycles. The number of aromatic hydroxyl groups is 2. The molecule has 1 aliphatic heterocycles. The molecule has 174 valence electrons. The topological polar surface area (TPSA) is 90.2 Å². The Labute approximate surface area is 208 Å². The monoisotopic (exact) mass is 529 g/mol. The molecule has 1 aliphatic rings. The number of fused-ring (bicyclic) bond motifs is 2. The summed E-state index contributed by atoms with van der Waals surface area (Å²) in [6.07, 6.45) is 2.11. The van der Waals surface area contributed by atoms with Crippen molar-refractivity contribution < 1.29 is 29.3 Å². The lowest BCUT2D eigenvalue weighted by atomic mass is 10.2. The average molecular weight is 531 g/mol. The van der Waals surface area contributed by atoms with E-state index in [0.717, 1.165) is 9.79 Å². The SMILES string of the molecule is O=C(CCCCCOc1cc2c(cc1Cl)Oc1cc(Cl)c(Cl)cc1S2)On1c(O)ccc1O. The molecule has 2 heterocycles. The number of hydrogen-bond acceptors (Lipinski definition) is 7. The minimum atomic E-state index is -0.561. The van der Waals surface area contributed by atoms with Crippen molar-refractivity contribution in [3.05, 3.63) is 51.5 Å². The van der Waals surface area contributed by atoms with Gasteiger partial charge in [0.25, 0.3) is 0 Å². The second-order valence-corrected chi connectivity index (χ2v) is 9.42. The zero-order valence-electron chi connectivity index (χ0n) is 17.0. The van der Waals surface area contributed by atoms with E-state index < -0.39 is 5.97 Å². The van der Waals surface area contributed by atoms with Crippen molar-refractivity contribution >= 4 is 52.5 Å². The lowest BCUT2D eigenvalue weighted by Gasteiger charge is -2.21. The summed E-state index contributed by atoms with van der Waals surface area (Å²) in [6, 6.07) is 9.40. The molecule has 4 rings (SSSR count). The van der Waals surface area contributed by atoms with Gasteiger partial charge < -0.3 is 24.5 Å². The number of rotatable bonds is 8. The number of carbonyl (C=O) groups is 1. The fourth-order valence-electron chi connectivity index (χ4n) is 3.07. The van der Waals surface area contributed by atoms with E-state index in [0.29, 0.717) is 62.9 Å². The highest BCUT2D eigenvalue weighted by atomic mass is 35.5. The van der Waals surface area contributed by atoms with Crippen LogP contribution in [-0.4, -0.2) is 27.5 Å². The first-order chi connectivity index (χ1) is 15.8. The van der Waals surface area contributed by atoms with E-state index in [1.54, 1.807) is 18.2 Å². The van der Waals surface area contributed by atoms with Crippen LogP contribution in [0.2, 0.25) is 15.1 Å². The van der Waals surface area contributed by atoms with E-state index in [-0.39, 0.29) is 18.2 Å². The quantitative estimate of drug-likeness (QED) is 0.245. The number of carbonyl (C=O) groups excluding carboxylic acids is 1. The van der Waals surface area contributed by atoms with Gasteiger partial charge in [-0.2, -0.15) is 0 Å². The molecule has 2 aromatic carbocycles. The first-order valence-corrected chi connectivity index (χ1v) is 11.9. The number of halogens is 3. The standard InChI is InChI=1S/C22H18Cl3NO6S/c23-12-8-16-18(10-13(12)24)33-19-11-15(14(25)9-17(19)31-16)30-7-3-1-2-4-22(29)32-26-20(27)5-6-21(26)28/h5-6,8-11,27-28H,1-4,7H2. The first kappa shape index (κ1) is 23.8. The number of ether oxygens (including phenoxy) is 2. The normalized spacial score (nSPS) is 12.0. The Bertz CT molecular complexity index is 1180. The van der Waals surface area contributed by atoms with Gasteiger partial charge in [0.2, 0.25) is 11.8 Å². The minimum absolute atomic E-state index is 0.136. The largest absolute Gasteiger partial charge is 0.492 e. The zero-order chi connectivity index (χ0) is 23.5. The second-order valence-electron chi connectivity index (χ2n) is 7.11. The first-order valence-electron chi connectivity index (χ1n) is 9.94. The highest BCUT2D eigenvalue weighted by Crippen LogP contribution is 2.51. The average Bonchev–Trinajstić information content (AvgIpc) is 3.08. The van der Waals surface area contributed by atoms with Crippen LogP contribution in [0.5, 0.6) is 29.0 Å². The smallest absolute Gasteiger partial charge is 0.333 e. The van der Waals surface area contributed by atoms with Crippen LogP contribution in [0.15, 0.2) is 46.2 Å². The summed E-state index contributed by atoms with van der Waals surface area (Å²) in [4.78, 5) is 18.4.